The summed E-state index contributed by atoms with van der Waals surface area (Å²) in [5.74, 6) is 1.41. The first-order chi connectivity index (χ1) is 12.2. The van der Waals surface area contributed by atoms with Crippen molar-refractivity contribution in [1.29, 1.82) is 0 Å². The SMILES string of the molecule is CC[C@@H](Oc1ccccc1)C(=O)Nc1ccc(OC2CCCC2)cc1. The molecule has 0 heterocycles. The molecule has 1 fully saturated rings. The molecule has 1 atom stereocenters. The summed E-state index contributed by atoms with van der Waals surface area (Å²) in [7, 11) is 0. The normalized spacial score (nSPS) is 15.6. The van der Waals surface area contributed by atoms with E-state index in [0.717, 1.165) is 24.3 Å². The van der Waals surface area contributed by atoms with Crippen LogP contribution in [0.5, 0.6) is 11.5 Å². The van der Waals surface area contributed by atoms with Crippen molar-refractivity contribution >= 4 is 11.6 Å². The van der Waals surface area contributed by atoms with Crippen LogP contribution in [-0.2, 0) is 4.79 Å². The van der Waals surface area contributed by atoms with Crippen molar-refractivity contribution in [3.05, 3.63) is 54.6 Å². The minimum atomic E-state index is -0.517. The van der Waals surface area contributed by atoms with E-state index < -0.39 is 6.10 Å². The zero-order chi connectivity index (χ0) is 17.5. The third kappa shape index (κ3) is 4.99. The number of rotatable bonds is 7. The van der Waals surface area contributed by atoms with Crippen molar-refractivity contribution < 1.29 is 14.3 Å². The van der Waals surface area contributed by atoms with Gasteiger partial charge in [0.25, 0.3) is 5.91 Å². The Morgan fingerprint density at radius 3 is 2.36 bits per heavy atom. The first-order valence-electron chi connectivity index (χ1n) is 9.04. The summed E-state index contributed by atoms with van der Waals surface area (Å²) >= 11 is 0. The Bertz CT molecular complexity index is 663. The van der Waals surface area contributed by atoms with Crippen molar-refractivity contribution in [3.63, 3.8) is 0 Å². The number of carbonyl (C=O) groups excluding carboxylic acids is 1. The molecule has 0 aromatic heterocycles. The lowest BCUT2D eigenvalue weighted by molar-refractivity contribution is -0.122. The van der Waals surface area contributed by atoms with Gasteiger partial charge < -0.3 is 14.8 Å². The molecular formula is C21H25NO3. The van der Waals surface area contributed by atoms with Gasteiger partial charge in [-0.2, -0.15) is 0 Å². The number of ether oxygens (including phenoxy) is 2. The van der Waals surface area contributed by atoms with Crippen LogP contribution in [0.4, 0.5) is 5.69 Å². The summed E-state index contributed by atoms with van der Waals surface area (Å²) in [6.07, 6.45) is 5.18. The molecule has 1 N–H and O–H groups in total. The van der Waals surface area contributed by atoms with Gasteiger partial charge in [-0.1, -0.05) is 25.1 Å². The Morgan fingerprint density at radius 2 is 1.72 bits per heavy atom. The maximum Gasteiger partial charge on any atom is 0.265 e. The second-order valence-corrected chi connectivity index (χ2v) is 6.37. The number of hydrogen-bond acceptors (Lipinski definition) is 3. The second kappa shape index (κ2) is 8.56. The largest absolute Gasteiger partial charge is 0.490 e. The van der Waals surface area contributed by atoms with Gasteiger partial charge in [0.2, 0.25) is 0 Å². The highest BCUT2D eigenvalue weighted by Gasteiger charge is 2.19. The van der Waals surface area contributed by atoms with Crippen LogP contribution >= 0.6 is 0 Å². The van der Waals surface area contributed by atoms with Crippen LogP contribution in [0.1, 0.15) is 39.0 Å². The molecule has 0 spiro atoms. The molecule has 0 bridgehead atoms. The molecule has 1 amide bonds. The standard InChI is InChI=1S/C21H25NO3/c1-2-20(25-18-8-4-3-5-9-18)21(23)22-16-12-14-19(15-13-16)24-17-10-6-7-11-17/h3-5,8-9,12-15,17,20H,2,6-7,10-11H2,1H3,(H,22,23)/t20-/m1/s1. The predicted molar refractivity (Wildman–Crippen MR) is 99.1 cm³/mol. The summed E-state index contributed by atoms with van der Waals surface area (Å²) in [4.78, 5) is 12.4. The van der Waals surface area contributed by atoms with Gasteiger partial charge in [-0.15, -0.1) is 0 Å². The molecule has 1 aliphatic rings. The molecular weight excluding hydrogens is 314 g/mol. The maximum absolute atomic E-state index is 12.4. The molecule has 0 unspecified atom stereocenters. The minimum Gasteiger partial charge on any atom is -0.490 e. The van der Waals surface area contributed by atoms with Gasteiger partial charge in [0, 0.05) is 5.69 Å². The fourth-order valence-electron chi connectivity index (χ4n) is 3.02. The molecule has 2 aromatic rings. The van der Waals surface area contributed by atoms with E-state index in [1.165, 1.54) is 12.8 Å². The third-order valence-electron chi connectivity index (χ3n) is 4.41. The molecule has 25 heavy (non-hydrogen) atoms. The van der Waals surface area contributed by atoms with Gasteiger partial charge >= 0.3 is 0 Å². The maximum atomic E-state index is 12.4. The van der Waals surface area contributed by atoms with Gasteiger partial charge in [0.1, 0.15) is 11.5 Å². The Balaban J connectivity index is 1.55. The Kier molecular flexibility index (Phi) is 5.94. The molecule has 4 nitrogen and oxygen atoms in total. The van der Waals surface area contributed by atoms with Crippen LogP contribution in [0.25, 0.3) is 0 Å². The minimum absolute atomic E-state index is 0.143. The highest BCUT2D eigenvalue weighted by Crippen LogP contribution is 2.25. The van der Waals surface area contributed by atoms with E-state index in [4.69, 9.17) is 9.47 Å². The number of amides is 1. The number of carbonyl (C=O) groups is 1. The Morgan fingerprint density at radius 1 is 1.04 bits per heavy atom. The van der Waals surface area contributed by atoms with Crippen molar-refractivity contribution in [3.8, 4) is 11.5 Å². The quantitative estimate of drug-likeness (QED) is 0.788. The zero-order valence-electron chi connectivity index (χ0n) is 14.6. The summed E-state index contributed by atoms with van der Waals surface area (Å²) in [6, 6.07) is 17.0. The monoisotopic (exact) mass is 339 g/mol. The topological polar surface area (TPSA) is 47.6 Å². The lowest BCUT2D eigenvalue weighted by Crippen LogP contribution is -2.32. The summed E-state index contributed by atoms with van der Waals surface area (Å²) in [6.45, 7) is 1.94. The van der Waals surface area contributed by atoms with Gasteiger partial charge in [-0.05, 0) is 68.5 Å². The van der Waals surface area contributed by atoms with Crippen molar-refractivity contribution in [2.45, 2.75) is 51.2 Å². The van der Waals surface area contributed by atoms with Crippen molar-refractivity contribution in [2.75, 3.05) is 5.32 Å². The first kappa shape index (κ1) is 17.3. The molecule has 132 valence electrons. The Labute approximate surface area is 149 Å². The lowest BCUT2D eigenvalue weighted by atomic mass is 10.2. The van der Waals surface area contributed by atoms with Crippen molar-refractivity contribution in [2.24, 2.45) is 0 Å². The van der Waals surface area contributed by atoms with Gasteiger partial charge in [0.15, 0.2) is 6.10 Å². The molecule has 3 rings (SSSR count). The van der Waals surface area contributed by atoms with Crippen LogP contribution in [0.3, 0.4) is 0 Å². The fourth-order valence-corrected chi connectivity index (χ4v) is 3.02. The molecule has 1 aliphatic carbocycles. The molecule has 1 saturated carbocycles. The van der Waals surface area contributed by atoms with Crippen LogP contribution in [0.2, 0.25) is 0 Å². The lowest BCUT2D eigenvalue weighted by Gasteiger charge is -2.18. The van der Waals surface area contributed by atoms with E-state index in [0.29, 0.717) is 18.3 Å². The average molecular weight is 339 g/mol. The van der Waals surface area contributed by atoms with Crippen LogP contribution in [0.15, 0.2) is 54.6 Å². The number of anilines is 1. The summed E-state index contributed by atoms with van der Waals surface area (Å²) in [5, 5.41) is 2.91. The summed E-state index contributed by atoms with van der Waals surface area (Å²) in [5.41, 5.74) is 0.749. The first-order valence-corrected chi connectivity index (χ1v) is 9.04. The van der Waals surface area contributed by atoms with E-state index in [9.17, 15) is 4.79 Å². The average Bonchev–Trinajstić information content (AvgIpc) is 3.15. The predicted octanol–water partition coefficient (Wildman–Crippen LogP) is 4.80. The summed E-state index contributed by atoms with van der Waals surface area (Å²) < 4.78 is 11.7. The van der Waals surface area contributed by atoms with Gasteiger partial charge in [-0.3, -0.25) is 4.79 Å². The van der Waals surface area contributed by atoms with Crippen molar-refractivity contribution in [1.82, 2.24) is 0 Å². The van der Waals surface area contributed by atoms with Crippen LogP contribution < -0.4 is 14.8 Å². The van der Waals surface area contributed by atoms with E-state index in [2.05, 4.69) is 5.32 Å². The molecule has 0 radical (unpaired) electrons. The molecule has 2 aromatic carbocycles. The van der Waals surface area contributed by atoms with E-state index in [1.54, 1.807) is 0 Å². The molecule has 0 aliphatic heterocycles. The molecule has 0 saturated heterocycles. The van der Waals surface area contributed by atoms with Crippen LogP contribution in [0, 0.1) is 0 Å². The number of benzene rings is 2. The molecule has 4 heteroatoms. The second-order valence-electron chi connectivity index (χ2n) is 6.37. The van der Waals surface area contributed by atoms with Crippen LogP contribution in [-0.4, -0.2) is 18.1 Å². The highest BCUT2D eigenvalue weighted by atomic mass is 16.5. The van der Waals surface area contributed by atoms with Gasteiger partial charge in [-0.25, -0.2) is 0 Å². The van der Waals surface area contributed by atoms with E-state index in [-0.39, 0.29) is 5.91 Å². The number of para-hydroxylation sites is 1. The van der Waals surface area contributed by atoms with E-state index in [1.807, 2.05) is 61.5 Å². The number of nitrogens with one attached hydrogen (secondary N) is 1. The third-order valence-corrected chi connectivity index (χ3v) is 4.41. The highest BCUT2D eigenvalue weighted by molar-refractivity contribution is 5.94. The number of hydrogen-bond donors (Lipinski definition) is 1. The smallest absolute Gasteiger partial charge is 0.265 e. The Hall–Kier alpha value is -2.49. The zero-order valence-corrected chi connectivity index (χ0v) is 14.6. The van der Waals surface area contributed by atoms with Gasteiger partial charge in [0.05, 0.1) is 6.10 Å². The van der Waals surface area contributed by atoms with E-state index >= 15 is 0 Å². The fraction of sp³-hybridized carbons (Fsp3) is 0.381.